The molecule has 0 amide bonds. The molecule has 0 bridgehead atoms. The van der Waals surface area contributed by atoms with Gasteiger partial charge in [0.15, 0.2) is 21.3 Å². The van der Waals surface area contributed by atoms with E-state index in [2.05, 4.69) is 25.7 Å². The number of aromatic nitrogens is 4. The van der Waals surface area contributed by atoms with E-state index in [4.69, 9.17) is 49.0 Å². The Morgan fingerprint density at radius 2 is 1.37 bits per heavy atom. The van der Waals surface area contributed by atoms with Crippen LogP contribution in [0.2, 0.25) is 15.5 Å². The minimum absolute atomic E-state index is 0.0112. The molecule has 1 aromatic carbocycles. The molecule has 3 rings (SSSR count). The van der Waals surface area contributed by atoms with Crippen LogP contribution in [0.3, 0.4) is 0 Å². The molecule has 0 aliphatic heterocycles. The molecule has 0 radical (unpaired) electrons. The van der Waals surface area contributed by atoms with Crippen molar-refractivity contribution in [3.05, 3.63) is 68.5 Å². The number of nitrogens with zero attached hydrogens (tertiary/aromatic N) is 4. The van der Waals surface area contributed by atoms with Crippen LogP contribution in [-0.2, 0) is 16.0 Å². The third-order valence-corrected chi connectivity index (χ3v) is 4.74. The fourth-order valence-electron chi connectivity index (χ4n) is 2.50. The average Bonchev–Trinajstić information content (AvgIpc) is 2.85. The zero-order valence-electron chi connectivity index (χ0n) is 19.0. The Labute approximate surface area is 216 Å². The van der Waals surface area contributed by atoms with Crippen molar-refractivity contribution in [2.45, 2.75) is 20.4 Å². The van der Waals surface area contributed by atoms with E-state index < -0.39 is 11.9 Å². The number of ether oxygens (including phenoxy) is 3. The van der Waals surface area contributed by atoms with Gasteiger partial charge in [0.2, 0.25) is 0 Å². The standard InChI is InChI=1S/C15H16ClN3O3.C7H6Cl2N2O2/c1-3-22-15(20)12-8-13(16)18-19-14(12)17-9-10-4-6-11(21-2)7-5-10;1-2-13-7(12)4-3-5(8)10-11-6(4)9/h4-8H,3,9H2,1-2H3,(H,17,19);3H,2H2,1H3. The lowest BCUT2D eigenvalue weighted by atomic mass is 10.2. The van der Waals surface area contributed by atoms with Crippen molar-refractivity contribution in [1.82, 2.24) is 20.4 Å². The maximum Gasteiger partial charge on any atom is 0.342 e. The fourth-order valence-corrected chi connectivity index (χ4v) is 2.96. The summed E-state index contributed by atoms with van der Waals surface area (Å²) in [5, 5.41) is 17.9. The zero-order valence-corrected chi connectivity index (χ0v) is 21.3. The maximum atomic E-state index is 11.9. The number of rotatable bonds is 8. The van der Waals surface area contributed by atoms with Gasteiger partial charge in [0.1, 0.15) is 16.9 Å². The highest BCUT2D eigenvalue weighted by atomic mass is 35.5. The first-order valence-corrected chi connectivity index (χ1v) is 11.3. The number of benzene rings is 1. The van der Waals surface area contributed by atoms with Gasteiger partial charge in [-0.2, -0.15) is 0 Å². The number of halogens is 3. The molecule has 0 saturated carbocycles. The Bertz CT molecular complexity index is 1150. The first kappa shape index (κ1) is 28.0. The van der Waals surface area contributed by atoms with Crippen molar-refractivity contribution >= 4 is 52.6 Å². The molecule has 35 heavy (non-hydrogen) atoms. The summed E-state index contributed by atoms with van der Waals surface area (Å²) in [5.74, 6) is 0.0711. The van der Waals surface area contributed by atoms with Gasteiger partial charge in [-0.25, -0.2) is 9.59 Å². The molecule has 10 nitrogen and oxygen atoms in total. The number of methoxy groups -OCH3 is 1. The number of carbonyl (C=O) groups excluding carboxylic acids is 2. The van der Waals surface area contributed by atoms with E-state index >= 15 is 0 Å². The van der Waals surface area contributed by atoms with Gasteiger partial charge in [-0.1, -0.05) is 46.9 Å². The highest BCUT2D eigenvalue weighted by Crippen LogP contribution is 2.19. The maximum absolute atomic E-state index is 11.9. The third kappa shape index (κ3) is 8.82. The lowest BCUT2D eigenvalue weighted by molar-refractivity contribution is 0.0516. The van der Waals surface area contributed by atoms with Crippen molar-refractivity contribution in [3.63, 3.8) is 0 Å². The SMILES string of the molecule is CCOC(=O)c1cc(Cl)nnc1Cl.CCOC(=O)c1cc(Cl)nnc1NCc1ccc(OC)cc1. The summed E-state index contributed by atoms with van der Waals surface area (Å²) in [6.45, 7) is 4.46. The predicted octanol–water partition coefficient (Wildman–Crippen LogP) is 4.89. The van der Waals surface area contributed by atoms with Crippen molar-refractivity contribution < 1.29 is 23.8 Å². The Morgan fingerprint density at radius 3 is 1.94 bits per heavy atom. The molecule has 0 spiro atoms. The summed E-state index contributed by atoms with van der Waals surface area (Å²) in [6.07, 6.45) is 0. The van der Waals surface area contributed by atoms with Crippen LogP contribution in [-0.4, -0.2) is 52.7 Å². The van der Waals surface area contributed by atoms with Crippen molar-refractivity contribution in [1.29, 1.82) is 0 Å². The lowest BCUT2D eigenvalue weighted by Crippen LogP contribution is -2.12. The second-order valence-corrected chi connectivity index (χ2v) is 7.58. The molecule has 0 atom stereocenters. The highest BCUT2D eigenvalue weighted by Gasteiger charge is 2.16. The van der Waals surface area contributed by atoms with Gasteiger partial charge >= 0.3 is 11.9 Å². The summed E-state index contributed by atoms with van der Waals surface area (Å²) in [5.41, 5.74) is 1.39. The van der Waals surface area contributed by atoms with Crippen molar-refractivity contribution in [3.8, 4) is 5.75 Å². The number of esters is 2. The van der Waals surface area contributed by atoms with E-state index in [1.807, 2.05) is 24.3 Å². The number of hydrogen-bond acceptors (Lipinski definition) is 10. The van der Waals surface area contributed by atoms with Gasteiger partial charge in [-0.05, 0) is 43.7 Å². The van der Waals surface area contributed by atoms with E-state index in [0.717, 1.165) is 11.3 Å². The summed E-state index contributed by atoms with van der Waals surface area (Å²) in [4.78, 5) is 23.1. The van der Waals surface area contributed by atoms with Crippen LogP contribution < -0.4 is 10.1 Å². The lowest BCUT2D eigenvalue weighted by Gasteiger charge is -2.10. The third-order valence-electron chi connectivity index (χ3n) is 4.09. The quantitative estimate of drug-likeness (QED) is 0.393. The first-order valence-electron chi connectivity index (χ1n) is 10.2. The smallest absolute Gasteiger partial charge is 0.342 e. The molecule has 0 fully saturated rings. The van der Waals surface area contributed by atoms with Crippen LogP contribution in [0.4, 0.5) is 5.82 Å². The summed E-state index contributed by atoms with van der Waals surface area (Å²) < 4.78 is 14.8. The summed E-state index contributed by atoms with van der Waals surface area (Å²) in [6, 6.07) is 10.3. The molecular weight excluding hydrogens is 521 g/mol. The highest BCUT2D eigenvalue weighted by molar-refractivity contribution is 6.33. The van der Waals surface area contributed by atoms with Crippen LogP contribution in [0.15, 0.2) is 36.4 Å². The van der Waals surface area contributed by atoms with Gasteiger partial charge in [-0.3, -0.25) is 0 Å². The first-order chi connectivity index (χ1) is 16.8. The average molecular weight is 543 g/mol. The monoisotopic (exact) mass is 541 g/mol. The molecule has 0 aliphatic carbocycles. The molecule has 2 aromatic heterocycles. The second-order valence-electron chi connectivity index (χ2n) is 6.44. The van der Waals surface area contributed by atoms with Gasteiger partial charge in [0.05, 0.1) is 20.3 Å². The largest absolute Gasteiger partial charge is 0.497 e. The zero-order chi connectivity index (χ0) is 25.8. The molecule has 186 valence electrons. The normalized spacial score (nSPS) is 10.0. The minimum Gasteiger partial charge on any atom is -0.497 e. The number of carbonyl (C=O) groups is 2. The van der Waals surface area contributed by atoms with Gasteiger partial charge < -0.3 is 19.5 Å². The molecule has 0 saturated heterocycles. The van der Waals surface area contributed by atoms with Gasteiger partial charge in [-0.15, -0.1) is 20.4 Å². The molecule has 1 N–H and O–H groups in total. The Balaban J connectivity index is 0.000000283. The molecular formula is C22H22Cl3N5O5. The van der Waals surface area contributed by atoms with Crippen molar-refractivity contribution in [2.24, 2.45) is 0 Å². The van der Waals surface area contributed by atoms with Crippen LogP contribution in [0.1, 0.15) is 40.1 Å². The van der Waals surface area contributed by atoms with E-state index in [0.29, 0.717) is 12.4 Å². The fraction of sp³-hybridized carbons (Fsp3) is 0.273. The molecule has 0 unspecified atom stereocenters. The number of hydrogen-bond donors (Lipinski definition) is 1. The Hall–Kier alpha value is -3.21. The molecule has 3 aromatic rings. The Kier molecular flexibility index (Phi) is 11.4. The number of anilines is 1. The Morgan fingerprint density at radius 1 is 0.829 bits per heavy atom. The topological polar surface area (TPSA) is 125 Å². The van der Waals surface area contributed by atoms with Gasteiger partial charge in [0, 0.05) is 6.54 Å². The summed E-state index contributed by atoms with van der Waals surface area (Å²) in [7, 11) is 1.61. The molecule has 13 heteroatoms. The van der Waals surface area contributed by atoms with Crippen molar-refractivity contribution in [2.75, 3.05) is 25.6 Å². The van der Waals surface area contributed by atoms with Gasteiger partial charge in [0.25, 0.3) is 0 Å². The molecule has 2 heterocycles. The van der Waals surface area contributed by atoms with E-state index in [1.165, 1.54) is 12.1 Å². The van der Waals surface area contributed by atoms with E-state index in [9.17, 15) is 9.59 Å². The van der Waals surface area contributed by atoms with Crippen LogP contribution in [0.25, 0.3) is 0 Å². The number of nitrogens with one attached hydrogen (secondary N) is 1. The van der Waals surface area contributed by atoms with Crippen LogP contribution in [0.5, 0.6) is 5.75 Å². The second kappa shape index (κ2) is 14.2. The summed E-state index contributed by atoms with van der Waals surface area (Å²) >= 11 is 16.9. The minimum atomic E-state index is -0.552. The van der Waals surface area contributed by atoms with E-state index in [-0.39, 0.29) is 39.8 Å². The van der Waals surface area contributed by atoms with Crippen LogP contribution in [0, 0.1) is 0 Å². The molecule has 0 aliphatic rings. The van der Waals surface area contributed by atoms with Crippen LogP contribution >= 0.6 is 34.8 Å². The van der Waals surface area contributed by atoms with E-state index in [1.54, 1.807) is 21.0 Å². The predicted molar refractivity (Wildman–Crippen MR) is 131 cm³/mol.